The average molecular weight is 352 g/mol. The van der Waals surface area contributed by atoms with Gasteiger partial charge in [-0.25, -0.2) is 15.0 Å². The second-order valence-corrected chi connectivity index (χ2v) is 6.64. The van der Waals surface area contributed by atoms with E-state index in [1.807, 2.05) is 19.0 Å². The number of aromatic amines is 1. The Morgan fingerprint density at radius 1 is 1.36 bits per heavy atom. The van der Waals surface area contributed by atoms with Crippen LogP contribution in [0.15, 0.2) is 12.7 Å². The Labute approximate surface area is 144 Å². The Hall–Kier alpha value is -1.85. The molecule has 0 bridgehead atoms. The number of hydrogen-bond acceptors (Lipinski definition) is 9. The molecule has 3 heterocycles. The van der Waals surface area contributed by atoms with Gasteiger partial charge in [0.05, 0.1) is 19.0 Å². The van der Waals surface area contributed by atoms with Crippen molar-refractivity contribution in [3.63, 3.8) is 0 Å². The number of nitrogens with zero attached hydrogens (tertiary/aromatic N) is 4. The maximum atomic E-state index is 10.5. The van der Waals surface area contributed by atoms with Gasteiger partial charge < -0.3 is 35.3 Å². The fourth-order valence-corrected chi connectivity index (χ4v) is 3.42. The summed E-state index contributed by atoms with van der Waals surface area (Å²) in [4.78, 5) is 17.3. The van der Waals surface area contributed by atoms with Crippen LogP contribution in [0.1, 0.15) is 6.92 Å². The first-order valence-electron chi connectivity index (χ1n) is 8.07. The molecule has 2 unspecified atom stereocenters. The van der Waals surface area contributed by atoms with Gasteiger partial charge in [-0.3, -0.25) is 0 Å². The number of aromatic nitrogens is 4. The normalized spacial score (nSPS) is 30.9. The molecule has 138 valence electrons. The molecule has 25 heavy (non-hydrogen) atoms. The van der Waals surface area contributed by atoms with Crippen molar-refractivity contribution in [2.45, 2.75) is 36.9 Å². The number of anilines is 1. The molecule has 0 saturated carbocycles. The number of rotatable bonds is 6. The highest BCUT2D eigenvalue weighted by atomic mass is 16.6. The lowest BCUT2D eigenvalue weighted by molar-refractivity contribution is -0.117. The molecule has 1 aliphatic rings. The highest BCUT2D eigenvalue weighted by molar-refractivity contribution is 5.81. The van der Waals surface area contributed by atoms with Gasteiger partial charge in [-0.15, -0.1) is 0 Å². The second kappa shape index (κ2) is 6.81. The summed E-state index contributed by atoms with van der Waals surface area (Å²) in [5.74, 6) is 0.588. The molecule has 1 fully saturated rings. The minimum absolute atomic E-state index is 0.304. The van der Waals surface area contributed by atoms with Gasteiger partial charge in [0.15, 0.2) is 11.5 Å². The Kier molecular flexibility index (Phi) is 4.89. The highest BCUT2D eigenvalue weighted by Gasteiger charge is 2.55. The highest BCUT2D eigenvalue weighted by Crippen LogP contribution is 2.35. The van der Waals surface area contributed by atoms with Gasteiger partial charge in [-0.2, -0.15) is 0 Å². The number of hydrogen-bond donors (Lipinski definition) is 5. The number of likely N-dealkylation sites (N-methyl/N-ethyl adjacent to an activating group) is 1. The van der Waals surface area contributed by atoms with E-state index in [4.69, 9.17) is 4.74 Å². The molecular formula is C15H24N6O4. The van der Waals surface area contributed by atoms with Crippen molar-refractivity contribution in [3.8, 4) is 0 Å². The summed E-state index contributed by atoms with van der Waals surface area (Å²) in [7, 11) is 3.72. The van der Waals surface area contributed by atoms with Crippen molar-refractivity contribution in [2.24, 2.45) is 0 Å². The van der Waals surface area contributed by atoms with Crippen LogP contribution in [-0.2, 0) is 4.74 Å². The number of imidazole rings is 1. The molecule has 1 saturated heterocycles. The molecule has 3 rings (SSSR count). The summed E-state index contributed by atoms with van der Waals surface area (Å²) in [6.45, 7) is 1.76. The molecule has 10 heteroatoms. The molecule has 5 atom stereocenters. The molecule has 0 aliphatic carbocycles. The number of nitrogens with one attached hydrogen (secondary N) is 2. The molecule has 2 aromatic rings. The lowest BCUT2D eigenvalue weighted by Crippen LogP contribution is -2.58. The zero-order valence-electron chi connectivity index (χ0n) is 14.4. The topological polar surface area (TPSA) is 140 Å². The van der Waals surface area contributed by atoms with Crippen LogP contribution in [0.3, 0.4) is 0 Å². The number of fused-ring (bicyclic) bond motifs is 1. The fourth-order valence-electron chi connectivity index (χ4n) is 3.42. The van der Waals surface area contributed by atoms with E-state index < -0.39 is 23.9 Å². The maximum Gasteiger partial charge on any atom is 0.182 e. The van der Waals surface area contributed by atoms with Crippen molar-refractivity contribution in [2.75, 3.05) is 32.6 Å². The Morgan fingerprint density at radius 3 is 2.76 bits per heavy atom. The van der Waals surface area contributed by atoms with Crippen LogP contribution in [0, 0.1) is 0 Å². The molecule has 0 amide bonds. The average Bonchev–Trinajstić information content (AvgIpc) is 3.14. The Morgan fingerprint density at radius 2 is 2.12 bits per heavy atom. The van der Waals surface area contributed by atoms with Crippen LogP contribution in [0.2, 0.25) is 0 Å². The van der Waals surface area contributed by atoms with Gasteiger partial charge in [0.25, 0.3) is 0 Å². The fraction of sp³-hybridized carbons (Fsp3) is 0.667. The molecule has 10 nitrogen and oxygen atoms in total. The van der Waals surface area contributed by atoms with Crippen LogP contribution in [0.5, 0.6) is 0 Å². The largest absolute Gasteiger partial charge is 0.394 e. The third kappa shape index (κ3) is 3.07. The summed E-state index contributed by atoms with van der Waals surface area (Å²) in [5.41, 5.74) is 0.174. The van der Waals surface area contributed by atoms with E-state index in [0.717, 1.165) is 0 Å². The van der Waals surface area contributed by atoms with Crippen LogP contribution >= 0.6 is 0 Å². The summed E-state index contributed by atoms with van der Waals surface area (Å²) >= 11 is 0. The molecule has 1 aliphatic heterocycles. The van der Waals surface area contributed by atoms with Crippen molar-refractivity contribution in [1.82, 2.24) is 24.8 Å². The molecular weight excluding hydrogens is 328 g/mol. The van der Waals surface area contributed by atoms with E-state index in [-0.39, 0.29) is 12.6 Å². The smallest absolute Gasteiger partial charge is 0.182 e. The predicted octanol–water partition coefficient (Wildman–Crippen LogP) is -1.43. The van der Waals surface area contributed by atoms with Gasteiger partial charge >= 0.3 is 0 Å². The lowest BCUT2D eigenvalue weighted by Gasteiger charge is -2.40. The molecule has 0 aromatic carbocycles. The summed E-state index contributed by atoms with van der Waals surface area (Å²) in [6, 6.07) is -0.304. The van der Waals surface area contributed by atoms with Gasteiger partial charge in [0.2, 0.25) is 0 Å². The second-order valence-electron chi connectivity index (χ2n) is 6.64. The summed E-state index contributed by atoms with van der Waals surface area (Å²) in [5, 5.41) is 33.2. The number of aliphatic hydroxyl groups excluding tert-OH is 3. The Bertz CT molecular complexity index is 725. The van der Waals surface area contributed by atoms with Gasteiger partial charge in [0, 0.05) is 6.54 Å². The SMILES string of the molecule is CN(C)C(CNc1ncnc2nc[nH]c12)C1(C)O[C@H](CO)[C@@H](O)[C@H]1O. The van der Waals surface area contributed by atoms with Gasteiger partial charge in [-0.05, 0) is 21.0 Å². The molecule has 2 aromatic heterocycles. The van der Waals surface area contributed by atoms with Crippen LogP contribution < -0.4 is 5.32 Å². The number of ether oxygens (including phenoxy) is 1. The Balaban J connectivity index is 1.81. The summed E-state index contributed by atoms with van der Waals surface area (Å²) < 4.78 is 5.82. The quantitative estimate of drug-likeness (QED) is 0.423. The van der Waals surface area contributed by atoms with Crippen molar-refractivity contribution in [1.29, 1.82) is 0 Å². The first-order valence-corrected chi connectivity index (χ1v) is 8.07. The number of aliphatic hydroxyl groups is 3. The summed E-state index contributed by atoms with van der Waals surface area (Å²) in [6.07, 6.45) is -0.126. The van der Waals surface area contributed by atoms with E-state index in [1.165, 1.54) is 6.33 Å². The van der Waals surface area contributed by atoms with Gasteiger partial charge in [-0.1, -0.05) is 0 Å². The van der Waals surface area contributed by atoms with Gasteiger partial charge in [0.1, 0.15) is 35.8 Å². The van der Waals surface area contributed by atoms with E-state index in [2.05, 4.69) is 25.3 Å². The molecule has 0 radical (unpaired) electrons. The third-order valence-corrected chi connectivity index (χ3v) is 4.85. The van der Waals surface area contributed by atoms with Crippen molar-refractivity contribution in [3.05, 3.63) is 12.7 Å². The standard InChI is InChI=1S/C15H24N6O4/c1-15(12(24)11(23)8(5-22)25-15)9(21(2)3)4-16-13-10-14(18-6-17-10)20-7-19-13/h6-9,11-12,22-24H,4-5H2,1-3H3,(H2,16,17,18,19,20)/t8-,9?,11-,12-,15?/m1/s1. The van der Waals surface area contributed by atoms with Crippen LogP contribution in [-0.4, -0.2) is 97.4 Å². The zero-order chi connectivity index (χ0) is 18.2. The lowest BCUT2D eigenvalue weighted by atomic mass is 9.88. The minimum atomic E-state index is -1.14. The monoisotopic (exact) mass is 352 g/mol. The maximum absolute atomic E-state index is 10.5. The minimum Gasteiger partial charge on any atom is -0.394 e. The third-order valence-electron chi connectivity index (χ3n) is 4.85. The first kappa shape index (κ1) is 18.0. The van der Waals surface area contributed by atoms with E-state index in [1.54, 1.807) is 13.3 Å². The molecule has 0 spiro atoms. The van der Waals surface area contributed by atoms with Crippen molar-refractivity contribution < 1.29 is 20.1 Å². The first-order chi connectivity index (χ1) is 11.9. The predicted molar refractivity (Wildman–Crippen MR) is 90.0 cm³/mol. The van der Waals surface area contributed by atoms with E-state index in [0.29, 0.717) is 23.5 Å². The van der Waals surface area contributed by atoms with Crippen LogP contribution in [0.25, 0.3) is 11.2 Å². The van der Waals surface area contributed by atoms with E-state index >= 15 is 0 Å². The molecule has 5 N–H and O–H groups in total. The van der Waals surface area contributed by atoms with Crippen LogP contribution in [0.4, 0.5) is 5.82 Å². The van der Waals surface area contributed by atoms with Crippen molar-refractivity contribution >= 4 is 17.0 Å². The number of H-pyrrole nitrogens is 1. The van der Waals surface area contributed by atoms with E-state index in [9.17, 15) is 15.3 Å². The zero-order valence-corrected chi connectivity index (χ0v) is 14.4.